The molecule has 0 aliphatic carbocycles. The van der Waals surface area contributed by atoms with Gasteiger partial charge in [0.05, 0.1) is 5.54 Å². The van der Waals surface area contributed by atoms with Gasteiger partial charge in [0.1, 0.15) is 0 Å². The van der Waals surface area contributed by atoms with Crippen LogP contribution in [0.25, 0.3) is 0 Å². The van der Waals surface area contributed by atoms with Crippen molar-refractivity contribution in [1.29, 1.82) is 0 Å². The van der Waals surface area contributed by atoms with Crippen molar-refractivity contribution < 1.29 is 10.2 Å². The van der Waals surface area contributed by atoms with E-state index in [2.05, 4.69) is 0 Å². The number of nitrogens with two attached hydrogens (primary N) is 2. The van der Waals surface area contributed by atoms with Gasteiger partial charge in [0.25, 0.3) is 0 Å². The second-order valence-corrected chi connectivity index (χ2v) is 3.38. The maximum absolute atomic E-state index is 8.77. The first-order valence-electron chi connectivity index (χ1n) is 3.13. The van der Waals surface area contributed by atoms with Gasteiger partial charge in [-0.1, -0.05) is 0 Å². The first-order valence-corrected chi connectivity index (χ1v) is 3.13. The van der Waals surface area contributed by atoms with Gasteiger partial charge < -0.3 is 21.7 Å². The van der Waals surface area contributed by atoms with Crippen molar-refractivity contribution in [1.82, 2.24) is 0 Å². The molecule has 4 nitrogen and oxygen atoms in total. The molecule has 0 bridgehead atoms. The number of hydrogen-bond donors (Lipinski definition) is 4. The zero-order valence-corrected chi connectivity index (χ0v) is 6.63. The molecule has 1 atom stereocenters. The molecule has 62 valence electrons. The summed E-state index contributed by atoms with van der Waals surface area (Å²) in [5.41, 5.74) is 9.10. The smallest absolute Gasteiger partial charge is 0.171 e. The Hall–Kier alpha value is -0.160. The van der Waals surface area contributed by atoms with Gasteiger partial charge in [-0.25, -0.2) is 0 Å². The van der Waals surface area contributed by atoms with Gasteiger partial charge in [-0.3, -0.25) is 0 Å². The first-order chi connectivity index (χ1) is 4.19. The van der Waals surface area contributed by atoms with Crippen LogP contribution in [0.4, 0.5) is 0 Å². The molecule has 0 saturated heterocycles. The Labute approximate surface area is 60.8 Å². The van der Waals surface area contributed by atoms with E-state index < -0.39 is 17.4 Å². The molecular weight excluding hydrogens is 132 g/mol. The van der Waals surface area contributed by atoms with Crippen molar-refractivity contribution in [2.24, 2.45) is 11.5 Å². The van der Waals surface area contributed by atoms with Crippen LogP contribution in [0, 0.1) is 0 Å². The molecule has 0 amide bonds. The minimum absolute atomic E-state index is 0.804. The minimum atomic E-state index is -1.59. The summed E-state index contributed by atoms with van der Waals surface area (Å²) in [4.78, 5) is 0. The average Bonchev–Trinajstić information content (AvgIpc) is 1.62. The number of rotatable bonds is 2. The second-order valence-electron chi connectivity index (χ2n) is 3.38. The molecule has 0 heterocycles. The third-order valence-corrected chi connectivity index (χ3v) is 1.92. The van der Waals surface area contributed by atoms with Crippen LogP contribution in [0.2, 0.25) is 0 Å². The van der Waals surface area contributed by atoms with Crippen LogP contribution in [0.3, 0.4) is 0 Å². The predicted molar refractivity (Wildman–Crippen MR) is 39.1 cm³/mol. The standard InChI is InChI=1S/C6H16N2O2/c1-5(2,7)6(3,8)4(9)10/h4,9-10H,7-8H2,1-3H3. The van der Waals surface area contributed by atoms with E-state index in [1.165, 1.54) is 6.92 Å². The Balaban J connectivity index is 4.40. The normalized spacial score (nSPS) is 19.2. The molecule has 1 unspecified atom stereocenters. The predicted octanol–water partition coefficient (Wildman–Crippen LogP) is -1.25. The van der Waals surface area contributed by atoms with Crippen LogP contribution in [-0.4, -0.2) is 27.6 Å². The van der Waals surface area contributed by atoms with Crippen LogP contribution in [-0.2, 0) is 0 Å². The second kappa shape index (κ2) is 2.47. The largest absolute Gasteiger partial charge is 0.366 e. The average molecular weight is 148 g/mol. The lowest BCUT2D eigenvalue weighted by Gasteiger charge is -2.39. The molecule has 0 rings (SSSR count). The third kappa shape index (κ3) is 1.67. The van der Waals surface area contributed by atoms with Crippen LogP contribution in [0.15, 0.2) is 0 Å². The molecule has 10 heavy (non-hydrogen) atoms. The highest BCUT2D eigenvalue weighted by Gasteiger charge is 2.39. The van der Waals surface area contributed by atoms with E-state index in [1.807, 2.05) is 0 Å². The lowest BCUT2D eigenvalue weighted by Crippen LogP contribution is -2.66. The van der Waals surface area contributed by atoms with Gasteiger partial charge in [-0.15, -0.1) is 0 Å². The molecule has 0 saturated carbocycles. The van der Waals surface area contributed by atoms with Crippen molar-refractivity contribution >= 4 is 0 Å². The van der Waals surface area contributed by atoms with Crippen LogP contribution in [0.1, 0.15) is 20.8 Å². The Morgan fingerprint density at radius 3 is 1.40 bits per heavy atom. The molecular formula is C6H16N2O2. The summed E-state index contributed by atoms with van der Waals surface area (Å²) >= 11 is 0. The topological polar surface area (TPSA) is 92.5 Å². The molecule has 6 N–H and O–H groups in total. The van der Waals surface area contributed by atoms with E-state index >= 15 is 0 Å². The van der Waals surface area contributed by atoms with Crippen molar-refractivity contribution in [3.05, 3.63) is 0 Å². The van der Waals surface area contributed by atoms with Gasteiger partial charge in [-0.05, 0) is 20.8 Å². The summed E-state index contributed by atoms with van der Waals surface area (Å²) in [5.74, 6) is 0. The monoisotopic (exact) mass is 148 g/mol. The van der Waals surface area contributed by atoms with Crippen molar-refractivity contribution in [3.8, 4) is 0 Å². The maximum atomic E-state index is 8.77. The van der Waals surface area contributed by atoms with Crippen molar-refractivity contribution in [2.75, 3.05) is 0 Å². The summed E-state index contributed by atoms with van der Waals surface area (Å²) in [5, 5.41) is 17.5. The van der Waals surface area contributed by atoms with E-state index in [0.717, 1.165) is 0 Å². The fourth-order valence-corrected chi connectivity index (χ4v) is 0.333. The summed E-state index contributed by atoms with van der Waals surface area (Å²) in [7, 11) is 0. The van der Waals surface area contributed by atoms with Gasteiger partial charge >= 0.3 is 0 Å². The van der Waals surface area contributed by atoms with E-state index in [1.54, 1.807) is 13.8 Å². The van der Waals surface area contributed by atoms with E-state index in [9.17, 15) is 0 Å². The molecule has 0 radical (unpaired) electrons. The fourth-order valence-electron chi connectivity index (χ4n) is 0.333. The third-order valence-electron chi connectivity index (χ3n) is 1.92. The Morgan fingerprint density at radius 2 is 1.40 bits per heavy atom. The molecule has 0 aliphatic heterocycles. The molecule has 4 heteroatoms. The number of aliphatic hydroxyl groups excluding tert-OH is 1. The lowest BCUT2D eigenvalue weighted by molar-refractivity contribution is -0.109. The van der Waals surface area contributed by atoms with Crippen molar-refractivity contribution in [2.45, 2.75) is 38.1 Å². The summed E-state index contributed by atoms with van der Waals surface area (Å²) in [6.07, 6.45) is -1.59. The van der Waals surface area contributed by atoms with Crippen LogP contribution in [0.5, 0.6) is 0 Å². The summed E-state index contributed by atoms with van der Waals surface area (Å²) in [6, 6.07) is 0. The summed E-state index contributed by atoms with van der Waals surface area (Å²) < 4.78 is 0. The molecule has 0 aromatic heterocycles. The molecule has 0 aliphatic rings. The Kier molecular flexibility index (Phi) is 2.43. The van der Waals surface area contributed by atoms with Crippen molar-refractivity contribution in [3.63, 3.8) is 0 Å². The molecule has 0 aromatic carbocycles. The van der Waals surface area contributed by atoms with Gasteiger partial charge in [0, 0.05) is 5.54 Å². The van der Waals surface area contributed by atoms with Gasteiger partial charge in [0.2, 0.25) is 0 Å². The highest BCUT2D eigenvalue weighted by molar-refractivity contribution is 4.99. The Bertz CT molecular complexity index is 115. The van der Waals surface area contributed by atoms with Gasteiger partial charge in [-0.2, -0.15) is 0 Å². The van der Waals surface area contributed by atoms with Crippen LogP contribution < -0.4 is 11.5 Å². The van der Waals surface area contributed by atoms with Crippen LogP contribution >= 0.6 is 0 Å². The molecule has 0 fully saturated rings. The highest BCUT2D eigenvalue weighted by Crippen LogP contribution is 2.18. The lowest BCUT2D eigenvalue weighted by atomic mass is 9.82. The maximum Gasteiger partial charge on any atom is 0.171 e. The van der Waals surface area contributed by atoms with E-state index in [-0.39, 0.29) is 0 Å². The highest BCUT2D eigenvalue weighted by atomic mass is 16.5. The Morgan fingerprint density at radius 1 is 1.10 bits per heavy atom. The SMILES string of the molecule is CC(C)(N)C(C)(N)C(O)O. The first kappa shape index (κ1) is 9.84. The summed E-state index contributed by atoms with van der Waals surface area (Å²) in [6.45, 7) is 4.79. The zero-order valence-electron chi connectivity index (χ0n) is 6.63. The molecule has 0 spiro atoms. The number of hydrogen-bond acceptors (Lipinski definition) is 4. The zero-order chi connectivity index (χ0) is 8.58. The van der Waals surface area contributed by atoms with Gasteiger partial charge in [0.15, 0.2) is 6.29 Å². The van der Waals surface area contributed by atoms with E-state index in [0.29, 0.717) is 0 Å². The quantitative estimate of drug-likeness (QED) is 0.368. The van der Waals surface area contributed by atoms with E-state index in [4.69, 9.17) is 21.7 Å². The fraction of sp³-hybridized carbons (Fsp3) is 1.00. The molecule has 0 aromatic rings. The number of aliphatic hydroxyl groups is 2. The minimum Gasteiger partial charge on any atom is -0.366 e.